The maximum atomic E-state index is 12.0. The fourth-order valence-corrected chi connectivity index (χ4v) is 4.41. The molecule has 4 rings (SSSR count). The number of nitrogens with zero attached hydrogens (tertiary/aromatic N) is 3. The summed E-state index contributed by atoms with van der Waals surface area (Å²) in [5.41, 5.74) is 4.28. The van der Waals surface area contributed by atoms with Crippen molar-refractivity contribution in [3.63, 3.8) is 0 Å². The SMILES string of the molecule is C[C@@H](c1ccccc1)n1c(Cc2cccc(S(C)(=O)=O)c2)nc2ccc(C#N)cc21. The Bertz CT molecular complexity index is 1370. The first kappa shape index (κ1) is 19.9. The van der Waals surface area contributed by atoms with Crippen molar-refractivity contribution in [2.45, 2.75) is 24.3 Å². The van der Waals surface area contributed by atoms with E-state index in [1.165, 1.54) is 6.26 Å². The van der Waals surface area contributed by atoms with E-state index in [4.69, 9.17) is 4.98 Å². The molecule has 0 aliphatic rings. The number of imidazole rings is 1. The average molecular weight is 416 g/mol. The Balaban J connectivity index is 1.86. The van der Waals surface area contributed by atoms with Crippen LogP contribution < -0.4 is 0 Å². The van der Waals surface area contributed by atoms with E-state index >= 15 is 0 Å². The molecule has 0 saturated carbocycles. The summed E-state index contributed by atoms with van der Waals surface area (Å²) < 4.78 is 26.1. The summed E-state index contributed by atoms with van der Waals surface area (Å²) in [4.78, 5) is 5.12. The van der Waals surface area contributed by atoms with Crippen molar-refractivity contribution in [2.24, 2.45) is 0 Å². The summed E-state index contributed by atoms with van der Waals surface area (Å²) in [5, 5.41) is 9.36. The fourth-order valence-electron chi connectivity index (χ4n) is 3.72. The van der Waals surface area contributed by atoms with E-state index in [0.29, 0.717) is 16.9 Å². The number of hydrogen-bond acceptors (Lipinski definition) is 4. The molecule has 5 nitrogen and oxygen atoms in total. The Morgan fingerprint density at radius 3 is 2.50 bits per heavy atom. The highest BCUT2D eigenvalue weighted by atomic mass is 32.2. The third-order valence-electron chi connectivity index (χ3n) is 5.25. The Morgan fingerprint density at radius 2 is 1.80 bits per heavy atom. The zero-order chi connectivity index (χ0) is 21.3. The fraction of sp³-hybridized carbons (Fsp3) is 0.167. The van der Waals surface area contributed by atoms with Crippen LogP contribution in [0.5, 0.6) is 0 Å². The van der Waals surface area contributed by atoms with Crippen molar-refractivity contribution >= 4 is 20.9 Å². The minimum Gasteiger partial charge on any atom is -0.320 e. The van der Waals surface area contributed by atoms with Gasteiger partial charge in [-0.05, 0) is 48.4 Å². The number of aromatic nitrogens is 2. The number of nitriles is 1. The van der Waals surface area contributed by atoms with Crippen molar-refractivity contribution in [2.75, 3.05) is 6.26 Å². The van der Waals surface area contributed by atoms with Crippen molar-refractivity contribution in [3.05, 3.63) is 95.3 Å². The van der Waals surface area contributed by atoms with Gasteiger partial charge in [0.1, 0.15) is 5.82 Å². The molecule has 150 valence electrons. The monoisotopic (exact) mass is 415 g/mol. The summed E-state index contributed by atoms with van der Waals surface area (Å²) in [6.45, 7) is 2.10. The summed E-state index contributed by atoms with van der Waals surface area (Å²) in [6.07, 6.45) is 1.69. The standard InChI is InChI=1S/C24H21N3O2S/c1-17(20-8-4-3-5-9-20)27-23-14-19(16-25)11-12-22(23)26-24(27)15-18-7-6-10-21(13-18)30(2,28)29/h3-14,17H,15H2,1-2H3/t17-/m0/s1. The molecule has 1 aromatic heterocycles. The Hall–Kier alpha value is -3.43. The predicted octanol–water partition coefficient (Wildman–Crippen LogP) is 4.51. The molecule has 0 bridgehead atoms. The average Bonchev–Trinajstić information content (AvgIpc) is 3.10. The van der Waals surface area contributed by atoms with Crippen LogP contribution in [-0.2, 0) is 16.3 Å². The second-order valence-electron chi connectivity index (χ2n) is 7.40. The lowest BCUT2D eigenvalue weighted by molar-refractivity contribution is 0.601. The molecule has 0 N–H and O–H groups in total. The molecule has 0 amide bonds. The van der Waals surface area contributed by atoms with E-state index in [1.54, 1.807) is 24.3 Å². The van der Waals surface area contributed by atoms with Gasteiger partial charge < -0.3 is 4.57 Å². The van der Waals surface area contributed by atoms with Gasteiger partial charge in [0.15, 0.2) is 9.84 Å². The largest absolute Gasteiger partial charge is 0.320 e. The Morgan fingerprint density at radius 1 is 1.03 bits per heavy atom. The molecule has 0 spiro atoms. The van der Waals surface area contributed by atoms with Gasteiger partial charge in [-0.2, -0.15) is 5.26 Å². The van der Waals surface area contributed by atoms with Gasteiger partial charge in [0.05, 0.1) is 33.6 Å². The minimum atomic E-state index is -3.28. The number of sulfone groups is 1. The first-order valence-electron chi connectivity index (χ1n) is 9.62. The lowest BCUT2D eigenvalue weighted by atomic mass is 10.1. The predicted molar refractivity (Wildman–Crippen MR) is 117 cm³/mol. The maximum Gasteiger partial charge on any atom is 0.175 e. The third-order valence-corrected chi connectivity index (χ3v) is 6.36. The van der Waals surface area contributed by atoms with Crippen LogP contribution in [0.25, 0.3) is 11.0 Å². The molecular formula is C24H21N3O2S. The Kier molecular flexibility index (Phi) is 5.15. The van der Waals surface area contributed by atoms with Crippen LogP contribution in [-0.4, -0.2) is 24.2 Å². The highest BCUT2D eigenvalue weighted by molar-refractivity contribution is 7.90. The minimum absolute atomic E-state index is 0.00164. The third kappa shape index (κ3) is 3.85. The van der Waals surface area contributed by atoms with Crippen molar-refractivity contribution in [3.8, 4) is 6.07 Å². The van der Waals surface area contributed by atoms with Crippen LogP contribution >= 0.6 is 0 Å². The lowest BCUT2D eigenvalue weighted by Crippen LogP contribution is -2.11. The van der Waals surface area contributed by atoms with Crippen LogP contribution in [0.3, 0.4) is 0 Å². The van der Waals surface area contributed by atoms with E-state index in [0.717, 1.165) is 28.0 Å². The van der Waals surface area contributed by atoms with Gasteiger partial charge >= 0.3 is 0 Å². The van der Waals surface area contributed by atoms with E-state index in [2.05, 4.69) is 29.7 Å². The molecule has 0 unspecified atom stereocenters. The smallest absolute Gasteiger partial charge is 0.175 e. The van der Waals surface area contributed by atoms with Crippen molar-refractivity contribution < 1.29 is 8.42 Å². The molecule has 0 aliphatic heterocycles. The number of rotatable bonds is 5. The number of benzene rings is 3. The van der Waals surface area contributed by atoms with Gasteiger partial charge in [-0.1, -0.05) is 42.5 Å². The molecule has 0 radical (unpaired) electrons. The zero-order valence-electron chi connectivity index (χ0n) is 16.8. The summed E-state index contributed by atoms with van der Waals surface area (Å²) in [6, 6.07) is 24.8. The van der Waals surface area contributed by atoms with E-state index in [-0.39, 0.29) is 6.04 Å². The van der Waals surface area contributed by atoms with Gasteiger partial charge in [0, 0.05) is 12.7 Å². The topological polar surface area (TPSA) is 75.8 Å². The highest BCUT2D eigenvalue weighted by Crippen LogP contribution is 2.28. The van der Waals surface area contributed by atoms with Crippen molar-refractivity contribution in [1.29, 1.82) is 5.26 Å². The molecule has 4 aromatic rings. The summed E-state index contributed by atoms with van der Waals surface area (Å²) in [7, 11) is -3.28. The lowest BCUT2D eigenvalue weighted by Gasteiger charge is -2.18. The summed E-state index contributed by atoms with van der Waals surface area (Å²) in [5.74, 6) is 0.821. The van der Waals surface area contributed by atoms with Crippen molar-refractivity contribution in [1.82, 2.24) is 9.55 Å². The molecule has 0 aliphatic carbocycles. The van der Waals surface area contributed by atoms with Gasteiger partial charge in [0.25, 0.3) is 0 Å². The van der Waals surface area contributed by atoms with Gasteiger partial charge in [-0.15, -0.1) is 0 Å². The Labute approximate surface area is 176 Å². The van der Waals surface area contributed by atoms with Crippen LogP contribution in [0.1, 0.15) is 35.5 Å². The van der Waals surface area contributed by atoms with Gasteiger partial charge in [-0.3, -0.25) is 0 Å². The van der Waals surface area contributed by atoms with E-state index < -0.39 is 9.84 Å². The van der Waals surface area contributed by atoms with Crippen LogP contribution in [0, 0.1) is 11.3 Å². The van der Waals surface area contributed by atoms with Crippen LogP contribution in [0.2, 0.25) is 0 Å². The molecule has 0 saturated heterocycles. The number of hydrogen-bond donors (Lipinski definition) is 0. The quantitative estimate of drug-likeness (QED) is 0.480. The van der Waals surface area contributed by atoms with Crippen LogP contribution in [0.4, 0.5) is 0 Å². The highest BCUT2D eigenvalue weighted by Gasteiger charge is 2.19. The molecule has 30 heavy (non-hydrogen) atoms. The second-order valence-corrected chi connectivity index (χ2v) is 9.41. The molecule has 1 atom stereocenters. The van der Waals surface area contributed by atoms with Gasteiger partial charge in [-0.25, -0.2) is 13.4 Å². The molecule has 3 aromatic carbocycles. The molecule has 1 heterocycles. The summed E-state index contributed by atoms with van der Waals surface area (Å²) >= 11 is 0. The zero-order valence-corrected chi connectivity index (χ0v) is 17.6. The second kappa shape index (κ2) is 7.77. The molecule has 6 heteroatoms. The first-order valence-corrected chi connectivity index (χ1v) is 11.5. The molecular weight excluding hydrogens is 394 g/mol. The maximum absolute atomic E-state index is 12.0. The van der Waals surface area contributed by atoms with Gasteiger partial charge in [0.2, 0.25) is 0 Å². The normalized spacial score (nSPS) is 12.6. The van der Waals surface area contributed by atoms with E-state index in [1.807, 2.05) is 36.4 Å². The molecule has 0 fully saturated rings. The number of fused-ring (bicyclic) bond motifs is 1. The van der Waals surface area contributed by atoms with E-state index in [9.17, 15) is 13.7 Å². The van der Waals surface area contributed by atoms with Crippen LogP contribution in [0.15, 0.2) is 77.7 Å². The first-order chi connectivity index (χ1) is 14.4.